The maximum Gasteiger partial charge on any atom is 0.254 e. The van der Waals surface area contributed by atoms with Gasteiger partial charge < -0.3 is 4.90 Å². The smallest absolute Gasteiger partial charge is 0.254 e. The van der Waals surface area contributed by atoms with E-state index in [4.69, 9.17) is 0 Å². The van der Waals surface area contributed by atoms with Crippen molar-refractivity contribution in [3.05, 3.63) is 59.9 Å². The molecule has 0 N–H and O–H groups in total. The molecule has 0 aliphatic heterocycles. The Morgan fingerprint density at radius 3 is 2.45 bits per heavy atom. The van der Waals surface area contributed by atoms with Crippen molar-refractivity contribution in [2.45, 2.75) is 25.3 Å². The standard InChI is InChI=1S/C18H22N2OS/c1-14(2)12-20(13-16-6-4-5-11-19-16)18(21)15-7-9-17(22-3)10-8-15/h4-11,14H,12-13H2,1-3H3. The first-order chi connectivity index (χ1) is 10.6. The Hall–Kier alpha value is -1.81. The van der Waals surface area contributed by atoms with Crippen LogP contribution in [-0.2, 0) is 6.54 Å². The molecule has 2 rings (SSSR count). The fourth-order valence-electron chi connectivity index (χ4n) is 2.26. The highest BCUT2D eigenvalue weighted by Crippen LogP contribution is 2.17. The van der Waals surface area contributed by atoms with Crippen LogP contribution in [-0.4, -0.2) is 28.6 Å². The number of amides is 1. The third kappa shape index (κ3) is 4.60. The van der Waals surface area contributed by atoms with Crippen LogP contribution < -0.4 is 0 Å². The number of nitrogens with zero attached hydrogens (tertiary/aromatic N) is 2. The summed E-state index contributed by atoms with van der Waals surface area (Å²) in [6.45, 7) is 5.51. The fourth-order valence-corrected chi connectivity index (χ4v) is 2.67. The number of hydrogen-bond acceptors (Lipinski definition) is 3. The molecule has 1 aromatic heterocycles. The first-order valence-electron chi connectivity index (χ1n) is 7.43. The van der Waals surface area contributed by atoms with E-state index in [1.165, 1.54) is 0 Å². The lowest BCUT2D eigenvalue weighted by Gasteiger charge is -2.24. The number of carbonyl (C=O) groups is 1. The normalized spacial score (nSPS) is 10.7. The zero-order valence-electron chi connectivity index (χ0n) is 13.3. The third-order valence-electron chi connectivity index (χ3n) is 3.29. The summed E-state index contributed by atoms with van der Waals surface area (Å²) in [7, 11) is 0. The van der Waals surface area contributed by atoms with Gasteiger partial charge in [0.15, 0.2) is 0 Å². The second kappa shape index (κ2) is 7.99. The summed E-state index contributed by atoms with van der Waals surface area (Å²) < 4.78 is 0. The molecule has 0 spiro atoms. The second-order valence-corrected chi connectivity index (χ2v) is 6.51. The SMILES string of the molecule is CSc1ccc(C(=O)N(Cc2ccccn2)CC(C)C)cc1. The summed E-state index contributed by atoms with van der Waals surface area (Å²) in [5, 5.41) is 0. The van der Waals surface area contributed by atoms with Crippen molar-refractivity contribution >= 4 is 17.7 Å². The largest absolute Gasteiger partial charge is 0.332 e. The molecule has 0 atom stereocenters. The highest BCUT2D eigenvalue weighted by molar-refractivity contribution is 7.98. The number of pyridine rings is 1. The highest BCUT2D eigenvalue weighted by atomic mass is 32.2. The van der Waals surface area contributed by atoms with Gasteiger partial charge in [0.25, 0.3) is 5.91 Å². The van der Waals surface area contributed by atoms with E-state index in [-0.39, 0.29) is 5.91 Å². The minimum Gasteiger partial charge on any atom is -0.332 e. The van der Waals surface area contributed by atoms with E-state index in [0.717, 1.165) is 22.7 Å². The van der Waals surface area contributed by atoms with Crippen LogP contribution in [0, 0.1) is 5.92 Å². The maximum absolute atomic E-state index is 12.8. The van der Waals surface area contributed by atoms with Gasteiger partial charge in [0.05, 0.1) is 12.2 Å². The van der Waals surface area contributed by atoms with Gasteiger partial charge in [-0.1, -0.05) is 19.9 Å². The summed E-state index contributed by atoms with van der Waals surface area (Å²) in [6, 6.07) is 13.6. The average molecular weight is 314 g/mol. The van der Waals surface area contributed by atoms with Crippen molar-refractivity contribution in [2.24, 2.45) is 5.92 Å². The number of rotatable bonds is 6. The monoisotopic (exact) mass is 314 g/mol. The molecule has 0 aliphatic carbocycles. The Morgan fingerprint density at radius 2 is 1.91 bits per heavy atom. The lowest BCUT2D eigenvalue weighted by Crippen LogP contribution is -2.34. The van der Waals surface area contributed by atoms with Gasteiger partial charge in [-0.05, 0) is 48.6 Å². The van der Waals surface area contributed by atoms with Gasteiger partial charge in [-0.2, -0.15) is 0 Å². The highest BCUT2D eigenvalue weighted by Gasteiger charge is 2.17. The van der Waals surface area contributed by atoms with Gasteiger partial charge in [0, 0.05) is 23.2 Å². The number of aromatic nitrogens is 1. The Balaban J connectivity index is 2.18. The molecule has 116 valence electrons. The summed E-state index contributed by atoms with van der Waals surface area (Å²) in [5.74, 6) is 0.477. The lowest BCUT2D eigenvalue weighted by atomic mass is 10.1. The zero-order valence-corrected chi connectivity index (χ0v) is 14.1. The van der Waals surface area contributed by atoms with Gasteiger partial charge in [-0.3, -0.25) is 9.78 Å². The van der Waals surface area contributed by atoms with Crippen LogP contribution >= 0.6 is 11.8 Å². The van der Waals surface area contributed by atoms with Crippen LogP contribution in [0.4, 0.5) is 0 Å². The minimum absolute atomic E-state index is 0.0620. The first-order valence-corrected chi connectivity index (χ1v) is 8.66. The molecule has 4 heteroatoms. The molecule has 2 aromatic rings. The van der Waals surface area contributed by atoms with E-state index in [1.807, 2.05) is 53.6 Å². The van der Waals surface area contributed by atoms with E-state index in [2.05, 4.69) is 18.8 Å². The van der Waals surface area contributed by atoms with E-state index < -0.39 is 0 Å². The number of benzene rings is 1. The molecule has 0 saturated heterocycles. The number of hydrogen-bond donors (Lipinski definition) is 0. The molecule has 0 radical (unpaired) electrons. The quantitative estimate of drug-likeness (QED) is 0.753. The minimum atomic E-state index is 0.0620. The third-order valence-corrected chi connectivity index (χ3v) is 4.03. The van der Waals surface area contributed by atoms with Crippen LogP contribution in [0.25, 0.3) is 0 Å². The summed E-state index contributed by atoms with van der Waals surface area (Å²) >= 11 is 1.68. The molecule has 0 bridgehead atoms. The van der Waals surface area contributed by atoms with Crippen LogP contribution in [0.5, 0.6) is 0 Å². The molecule has 1 heterocycles. The van der Waals surface area contributed by atoms with E-state index >= 15 is 0 Å². The van der Waals surface area contributed by atoms with E-state index in [1.54, 1.807) is 18.0 Å². The summed E-state index contributed by atoms with van der Waals surface area (Å²) in [6.07, 6.45) is 3.80. The Kier molecular flexibility index (Phi) is 6.01. The first kappa shape index (κ1) is 16.6. The average Bonchev–Trinajstić information content (AvgIpc) is 2.54. The molecular weight excluding hydrogens is 292 g/mol. The zero-order chi connectivity index (χ0) is 15.9. The Bertz CT molecular complexity index is 596. The molecular formula is C18H22N2OS. The molecule has 22 heavy (non-hydrogen) atoms. The van der Waals surface area contributed by atoms with Crippen molar-refractivity contribution in [3.8, 4) is 0 Å². The predicted octanol–water partition coefficient (Wildman–Crippen LogP) is 4.10. The topological polar surface area (TPSA) is 33.2 Å². The second-order valence-electron chi connectivity index (χ2n) is 5.63. The fraction of sp³-hybridized carbons (Fsp3) is 0.333. The van der Waals surface area contributed by atoms with Crippen molar-refractivity contribution in [1.29, 1.82) is 0 Å². The van der Waals surface area contributed by atoms with Crippen molar-refractivity contribution in [3.63, 3.8) is 0 Å². The lowest BCUT2D eigenvalue weighted by molar-refractivity contribution is 0.0720. The molecule has 0 saturated carbocycles. The summed E-state index contributed by atoms with van der Waals surface area (Å²) in [5.41, 5.74) is 1.65. The van der Waals surface area contributed by atoms with E-state index in [9.17, 15) is 4.79 Å². The van der Waals surface area contributed by atoms with Crippen LogP contribution in [0.1, 0.15) is 29.9 Å². The molecule has 0 aliphatic rings. The molecule has 0 unspecified atom stereocenters. The molecule has 0 fully saturated rings. The Labute approximate surface area is 136 Å². The predicted molar refractivity (Wildman–Crippen MR) is 92.0 cm³/mol. The molecule has 1 aromatic carbocycles. The molecule has 3 nitrogen and oxygen atoms in total. The number of thioether (sulfide) groups is 1. The van der Waals surface area contributed by atoms with Crippen molar-refractivity contribution < 1.29 is 4.79 Å². The van der Waals surface area contributed by atoms with Gasteiger partial charge in [-0.15, -0.1) is 11.8 Å². The number of carbonyl (C=O) groups excluding carboxylic acids is 1. The molecule has 1 amide bonds. The van der Waals surface area contributed by atoms with Gasteiger partial charge in [0.2, 0.25) is 0 Å². The van der Waals surface area contributed by atoms with Gasteiger partial charge in [0.1, 0.15) is 0 Å². The summed E-state index contributed by atoms with van der Waals surface area (Å²) in [4.78, 5) is 20.1. The van der Waals surface area contributed by atoms with Crippen molar-refractivity contribution in [2.75, 3.05) is 12.8 Å². The van der Waals surface area contributed by atoms with Crippen LogP contribution in [0.3, 0.4) is 0 Å². The van der Waals surface area contributed by atoms with E-state index in [0.29, 0.717) is 12.5 Å². The van der Waals surface area contributed by atoms with Gasteiger partial charge in [-0.25, -0.2) is 0 Å². The van der Waals surface area contributed by atoms with Gasteiger partial charge >= 0.3 is 0 Å². The van der Waals surface area contributed by atoms with Crippen LogP contribution in [0.2, 0.25) is 0 Å². The van der Waals surface area contributed by atoms with Crippen LogP contribution in [0.15, 0.2) is 53.6 Å². The Morgan fingerprint density at radius 1 is 1.18 bits per heavy atom. The van der Waals surface area contributed by atoms with Crippen molar-refractivity contribution in [1.82, 2.24) is 9.88 Å². The maximum atomic E-state index is 12.8.